The van der Waals surface area contributed by atoms with Gasteiger partial charge in [-0.25, -0.2) is 9.97 Å². The summed E-state index contributed by atoms with van der Waals surface area (Å²) >= 11 is 0. The van der Waals surface area contributed by atoms with Crippen molar-refractivity contribution in [3.8, 4) is 5.75 Å². The summed E-state index contributed by atoms with van der Waals surface area (Å²) in [7, 11) is 3.98. The van der Waals surface area contributed by atoms with Crippen molar-refractivity contribution in [2.45, 2.75) is 12.8 Å². The maximum Gasteiger partial charge on any atom is 0.131 e. The van der Waals surface area contributed by atoms with Gasteiger partial charge in [-0.3, -0.25) is 0 Å². The molecular formula is C16H19N3O. The summed E-state index contributed by atoms with van der Waals surface area (Å²) < 4.78 is 5.83. The van der Waals surface area contributed by atoms with Crippen LogP contribution in [0.1, 0.15) is 11.3 Å². The van der Waals surface area contributed by atoms with Crippen molar-refractivity contribution in [2.75, 3.05) is 25.6 Å². The Morgan fingerprint density at radius 1 is 1.25 bits per heavy atom. The van der Waals surface area contributed by atoms with E-state index in [1.807, 2.05) is 31.1 Å². The van der Waals surface area contributed by atoms with Crippen LogP contribution in [0.15, 0.2) is 36.7 Å². The molecule has 0 amide bonds. The minimum Gasteiger partial charge on any atom is -0.493 e. The number of hydrogen-bond acceptors (Lipinski definition) is 4. The lowest BCUT2D eigenvalue weighted by molar-refractivity contribution is 0.220. The van der Waals surface area contributed by atoms with Crippen molar-refractivity contribution < 1.29 is 4.74 Å². The molecule has 0 saturated heterocycles. The highest BCUT2D eigenvalue weighted by atomic mass is 16.5. The summed E-state index contributed by atoms with van der Waals surface area (Å²) in [5.74, 6) is 2.46. The number of fused-ring (bicyclic) bond motifs is 1. The number of aromatic nitrogens is 2. The number of para-hydroxylation sites is 1. The van der Waals surface area contributed by atoms with Gasteiger partial charge in [0.2, 0.25) is 0 Å². The molecule has 0 spiro atoms. The first-order valence-electron chi connectivity index (χ1n) is 6.91. The highest BCUT2D eigenvalue weighted by Gasteiger charge is 2.20. The van der Waals surface area contributed by atoms with Gasteiger partial charge in [0.1, 0.15) is 17.9 Å². The Morgan fingerprint density at radius 3 is 2.95 bits per heavy atom. The molecule has 20 heavy (non-hydrogen) atoms. The number of anilines is 1. The van der Waals surface area contributed by atoms with E-state index < -0.39 is 0 Å². The lowest BCUT2D eigenvalue weighted by Crippen LogP contribution is -2.23. The summed E-state index contributed by atoms with van der Waals surface area (Å²) in [6, 6.07) is 10.3. The molecule has 3 rings (SSSR count). The fourth-order valence-electron chi connectivity index (χ4n) is 2.56. The Morgan fingerprint density at radius 2 is 2.10 bits per heavy atom. The number of ether oxygens (including phenoxy) is 1. The van der Waals surface area contributed by atoms with Gasteiger partial charge in [-0.2, -0.15) is 0 Å². The van der Waals surface area contributed by atoms with Gasteiger partial charge >= 0.3 is 0 Å². The smallest absolute Gasteiger partial charge is 0.131 e. The number of nitrogens with zero attached hydrogens (tertiary/aromatic N) is 3. The van der Waals surface area contributed by atoms with Gasteiger partial charge in [-0.1, -0.05) is 18.2 Å². The molecule has 104 valence electrons. The minimum absolute atomic E-state index is 0.481. The minimum atomic E-state index is 0.481. The van der Waals surface area contributed by atoms with Crippen molar-refractivity contribution >= 4 is 5.82 Å². The fourth-order valence-corrected chi connectivity index (χ4v) is 2.56. The van der Waals surface area contributed by atoms with Crippen LogP contribution in [0.25, 0.3) is 0 Å². The standard InChI is InChI=1S/C16H19N3O/c1-19(2)16-9-14(17-11-18-16)8-12-7-13-5-3-4-6-15(13)20-10-12/h3-6,9,11-12H,7-8,10H2,1-2H3. The Kier molecular flexibility index (Phi) is 3.54. The van der Waals surface area contributed by atoms with Gasteiger partial charge in [0.05, 0.1) is 6.61 Å². The highest BCUT2D eigenvalue weighted by Crippen LogP contribution is 2.28. The molecular weight excluding hydrogens is 250 g/mol. The van der Waals surface area contributed by atoms with Gasteiger partial charge < -0.3 is 9.64 Å². The summed E-state index contributed by atoms with van der Waals surface area (Å²) in [5.41, 5.74) is 2.38. The van der Waals surface area contributed by atoms with Crippen molar-refractivity contribution in [1.82, 2.24) is 9.97 Å². The topological polar surface area (TPSA) is 38.2 Å². The van der Waals surface area contributed by atoms with Crippen LogP contribution in [0.3, 0.4) is 0 Å². The monoisotopic (exact) mass is 269 g/mol. The quantitative estimate of drug-likeness (QED) is 0.857. The predicted octanol–water partition coefficient (Wildman–Crippen LogP) is 2.34. The molecule has 1 unspecified atom stereocenters. The molecule has 2 aromatic rings. The third-order valence-corrected chi connectivity index (χ3v) is 3.62. The first kappa shape index (κ1) is 12.9. The second kappa shape index (κ2) is 5.49. The molecule has 1 aliphatic rings. The molecule has 1 aromatic heterocycles. The van der Waals surface area contributed by atoms with Crippen LogP contribution < -0.4 is 9.64 Å². The van der Waals surface area contributed by atoms with Crippen LogP contribution in [-0.4, -0.2) is 30.7 Å². The zero-order valence-electron chi connectivity index (χ0n) is 11.9. The van der Waals surface area contributed by atoms with Crippen molar-refractivity contribution in [2.24, 2.45) is 5.92 Å². The van der Waals surface area contributed by atoms with Gasteiger partial charge in [0, 0.05) is 31.8 Å². The fraction of sp³-hybridized carbons (Fsp3) is 0.375. The van der Waals surface area contributed by atoms with E-state index in [0.717, 1.165) is 36.7 Å². The van der Waals surface area contributed by atoms with E-state index in [-0.39, 0.29) is 0 Å². The van der Waals surface area contributed by atoms with Crippen LogP contribution in [0.5, 0.6) is 5.75 Å². The maximum atomic E-state index is 5.83. The SMILES string of the molecule is CN(C)c1cc(CC2COc3ccccc3C2)ncn1. The molecule has 0 saturated carbocycles. The lowest BCUT2D eigenvalue weighted by Gasteiger charge is -2.25. The summed E-state index contributed by atoms with van der Waals surface area (Å²) in [6.45, 7) is 0.762. The van der Waals surface area contributed by atoms with E-state index in [4.69, 9.17) is 4.74 Å². The average molecular weight is 269 g/mol. The zero-order valence-corrected chi connectivity index (χ0v) is 11.9. The summed E-state index contributed by atoms with van der Waals surface area (Å²) in [5, 5.41) is 0. The molecule has 4 heteroatoms. The van der Waals surface area contributed by atoms with Gasteiger partial charge in [0.15, 0.2) is 0 Å². The summed E-state index contributed by atoms with van der Waals surface area (Å²) in [6.07, 6.45) is 3.62. The molecule has 4 nitrogen and oxygen atoms in total. The van der Waals surface area contributed by atoms with Gasteiger partial charge in [-0.15, -0.1) is 0 Å². The van der Waals surface area contributed by atoms with Crippen molar-refractivity contribution in [1.29, 1.82) is 0 Å². The van der Waals surface area contributed by atoms with Crippen LogP contribution >= 0.6 is 0 Å². The Hall–Kier alpha value is -2.10. The molecule has 0 fully saturated rings. The average Bonchev–Trinajstić information content (AvgIpc) is 2.47. The second-order valence-electron chi connectivity index (χ2n) is 5.45. The maximum absolute atomic E-state index is 5.83. The molecule has 1 aliphatic heterocycles. The van der Waals surface area contributed by atoms with Gasteiger partial charge in [-0.05, 0) is 24.5 Å². The van der Waals surface area contributed by atoms with E-state index in [2.05, 4.69) is 28.2 Å². The normalized spacial score (nSPS) is 17.2. The number of rotatable bonds is 3. The first-order chi connectivity index (χ1) is 9.72. The van der Waals surface area contributed by atoms with E-state index in [1.165, 1.54) is 5.56 Å². The van der Waals surface area contributed by atoms with Crippen LogP contribution in [0.4, 0.5) is 5.82 Å². The van der Waals surface area contributed by atoms with Crippen molar-refractivity contribution in [3.63, 3.8) is 0 Å². The van der Waals surface area contributed by atoms with E-state index in [1.54, 1.807) is 6.33 Å². The van der Waals surface area contributed by atoms with Crippen molar-refractivity contribution in [3.05, 3.63) is 47.9 Å². The molecule has 0 aliphatic carbocycles. The number of benzene rings is 1. The third kappa shape index (κ3) is 2.74. The largest absolute Gasteiger partial charge is 0.493 e. The predicted molar refractivity (Wildman–Crippen MR) is 79.2 cm³/mol. The molecule has 0 N–H and O–H groups in total. The Balaban J connectivity index is 1.72. The second-order valence-corrected chi connectivity index (χ2v) is 5.45. The lowest BCUT2D eigenvalue weighted by atomic mass is 9.93. The van der Waals surface area contributed by atoms with E-state index >= 15 is 0 Å². The molecule has 2 heterocycles. The molecule has 1 atom stereocenters. The molecule has 0 radical (unpaired) electrons. The van der Waals surface area contributed by atoms with Gasteiger partial charge in [0.25, 0.3) is 0 Å². The zero-order chi connectivity index (χ0) is 13.9. The van der Waals surface area contributed by atoms with Crippen LogP contribution in [0, 0.1) is 5.92 Å². The van der Waals surface area contributed by atoms with E-state index in [9.17, 15) is 0 Å². The van der Waals surface area contributed by atoms with E-state index in [0.29, 0.717) is 5.92 Å². The number of hydrogen-bond donors (Lipinski definition) is 0. The van der Waals surface area contributed by atoms with Crippen LogP contribution in [0.2, 0.25) is 0 Å². The molecule has 1 aromatic carbocycles. The first-order valence-corrected chi connectivity index (χ1v) is 6.91. The third-order valence-electron chi connectivity index (χ3n) is 3.62. The van der Waals surface area contributed by atoms with Crippen LogP contribution in [-0.2, 0) is 12.8 Å². The Labute approximate surface area is 119 Å². The molecule has 0 bridgehead atoms. The highest BCUT2D eigenvalue weighted by molar-refractivity contribution is 5.37. The Bertz CT molecular complexity index is 598. The summed E-state index contributed by atoms with van der Waals surface area (Å²) in [4.78, 5) is 10.6.